The van der Waals surface area contributed by atoms with Crippen molar-refractivity contribution in [2.24, 2.45) is 5.92 Å². The van der Waals surface area contributed by atoms with E-state index >= 15 is 4.39 Å². The van der Waals surface area contributed by atoms with E-state index in [1.165, 1.54) is 41.0 Å². The molecule has 1 N–H and O–H groups in total. The van der Waals surface area contributed by atoms with Crippen molar-refractivity contribution in [3.8, 4) is 11.5 Å². The molecular weight excluding hydrogens is 482 g/mol. The van der Waals surface area contributed by atoms with Crippen molar-refractivity contribution < 1.29 is 26.7 Å². The highest BCUT2D eigenvalue weighted by molar-refractivity contribution is 7.91. The standard InChI is InChI=1S/C21H21ClF2N2O4S2/c22-17-7-8-18(31-17)32(28,29)26(16-4-2-1-3-14(16)12-27)11-13-5-6-15(20(24)19(13)23)21-25-9-10-30-21/h5-10,14,16,27H,1-4,11-12H2/t14-,16+/m0/s1. The first-order valence-corrected chi connectivity index (χ1v) is 12.7. The van der Waals surface area contributed by atoms with E-state index < -0.39 is 27.7 Å². The van der Waals surface area contributed by atoms with Gasteiger partial charge in [0.15, 0.2) is 11.6 Å². The molecule has 1 saturated carbocycles. The van der Waals surface area contributed by atoms with Crippen LogP contribution in [-0.2, 0) is 16.6 Å². The average Bonchev–Trinajstić information content (AvgIpc) is 3.47. The zero-order chi connectivity index (χ0) is 22.9. The highest BCUT2D eigenvalue weighted by Crippen LogP contribution is 2.37. The molecule has 6 nitrogen and oxygen atoms in total. The molecule has 1 aromatic carbocycles. The summed E-state index contributed by atoms with van der Waals surface area (Å²) in [5.41, 5.74) is -0.270. The summed E-state index contributed by atoms with van der Waals surface area (Å²) >= 11 is 6.86. The molecule has 0 spiro atoms. The van der Waals surface area contributed by atoms with Crippen LogP contribution < -0.4 is 0 Å². The van der Waals surface area contributed by atoms with Gasteiger partial charge in [-0.15, -0.1) is 11.3 Å². The van der Waals surface area contributed by atoms with Gasteiger partial charge in [0.05, 0.1) is 16.1 Å². The molecule has 2 heterocycles. The van der Waals surface area contributed by atoms with Crippen LogP contribution in [0, 0.1) is 17.6 Å². The van der Waals surface area contributed by atoms with E-state index in [-0.39, 0.29) is 40.3 Å². The van der Waals surface area contributed by atoms with Crippen LogP contribution in [-0.4, -0.2) is 35.5 Å². The monoisotopic (exact) mass is 502 g/mol. The highest BCUT2D eigenvalue weighted by atomic mass is 35.5. The molecule has 1 fully saturated rings. The van der Waals surface area contributed by atoms with Crippen molar-refractivity contribution in [1.82, 2.24) is 9.29 Å². The summed E-state index contributed by atoms with van der Waals surface area (Å²) in [5.74, 6) is -2.70. The second-order valence-corrected chi connectivity index (χ2v) is 11.5. The second-order valence-electron chi connectivity index (χ2n) is 7.64. The second kappa shape index (κ2) is 9.56. The first-order chi connectivity index (χ1) is 15.3. The Hall–Kier alpha value is -1.85. The van der Waals surface area contributed by atoms with Crippen LogP contribution in [0.15, 0.2) is 45.4 Å². The van der Waals surface area contributed by atoms with Crippen LogP contribution >= 0.6 is 22.9 Å². The maximum absolute atomic E-state index is 15.0. The maximum Gasteiger partial charge on any atom is 0.253 e. The molecule has 32 heavy (non-hydrogen) atoms. The van der Waals surface area contributed by atoms with E-state index in [9.17, 15) is 17.9 Å². The van der Waals surface area contributed by atoms with Gasteiger partial charge in [0.25, 0.3) is 10.0 Å². The molecule has 2 atom stereocenters. The lowest BCUT2D eigenvalue weighted by molar-refractivity contribution is 0.109. The van der Waals surface area contributed by atoms with Gasteiger partial charge in [0.2, 0.25) is 5.89 Å². The van der Waals surface area contributed by atoms with Crippen LogP contribution in [0.2, 0.25) is 4.34 Å². The molecule has 0 aliphatic heterocycles. The van der Waals surface area contributed by atoms with E-state index in [1.54, 1.807) is 0 Å². The number of halogens is 3. The number of aliphatic hydroxyl groups is 1. The fraction of sp³-hybridized carbons (Fsp3) is 0.381. The quantitative estimate of drug-likeness (QED) is 0.487. The van der Waals surface area contributed by atoms with Gasteiger partial charge in [0.1, 0.15) is 10.5 Å². The van der Waals surface area contributed by atoms with Crippen molar-refractivity contribution in [2.45, 2.75) is 42.5 Å². The molecule has 1 aliphatic rings. The molecule has 1 aliphatic carbocycles. The molecule has 11 heteroatoms. The Morgan fingerprint density at radius 3 is 2.62 bits per heavy atom. The minimum absolute atomic E-state index is 0.0158. The lowest BCUT2D eigenvalue weighted by Gasteiger charge is -2.38. The number of hydrogen-bond donors (Lipinski definition) is 1. The summed E-state index contributed by atoms with van der Waals surface area (Å²) in [6, 6.07) is 4.98. The van der Waals surface area contributed by atoms with E-state index in [4.69, 9.17) is 16.0 Å². The Labute approximate surface area is 193 Å². The van der Waals surface area contributed by atoms with Gasteiger partial charge in [0, 0.05) is 24.8 Å². The van der Waals surface area contributed by atoms with Gasteiger partial charge in [-0.1, -0.05) is 30.5 Å². The molecule has 0 saturated heterocycles. The number of nitrogens with zero attached hydrogens (tertiary/aromatic N) is 2. The Balaban J connectivity index is 1.75. The van der Waals surface area contributed by atoms with Crippen LogP contribution in [0.4, 0.5) is 8.78 Å². The first-order valence-electron chi connectivity index (χ1n) is 10.1. The van der Waals surface area contributed by atoms with Gasteiger partial charge in [-0.2, -0.15) is 4.31 Å². The van der Waals surface area contributed by atoms with Crippen molar-refractivity contribution in [1.29, 1.82) is 0 Å². The topological polar surface area (TPSA) is 83.6 Å². The zero-order valence-electron chi connectivity index (χ0n) is 16.9. The van der Waals surface area contributed by atoms with E-state index in [0.29, 0.717) is 17.2 Å². The van der Waals surface area contributed by atoms with Crippen LogP contribution in [0.3, 0.4) is 0 Å². The minimum atomic E-state index is -4.07. The normalized spacial score (nSPS) is 19.5. The largest absolute Gasteiger partial charge is 0.444 e. The van der Waals surface area contributed by atoms with Crippen molar-refractivity contribution in [2.75, 3.05) is 6.61 Å². The molecule has 0 radical (unpaired) electrons. The molecule has 4 rings (SSSR count). The Morgan fingerprint density at radius 2 is 1.97 bits per heavy atom. The van der Waals surface area contributed by atoms with Crippen molar-refractivity contribution in [3.63, 3.8) is 0 Å². The zero-order valence-corrected chi connectivity index (χ0v) is 19.3. The van der Waals surface area contributed by atoms with Gasteiger partial charge < -0.3 is 9.52 Å². The number of sulfonamides is 1. The smallest absolute Gasteiger partial charge is 0.253 e. The lowest BCUT2D eigenvalue weighted by atomic mass is 9.85. The molecule has 0 unspecified atom stereocenters. The van der Waals surface area contributed by atoms with Crippen LogP contribution in [0.1, 0.15) is 31.2 Å². The number of rotatable bonds is 7. The van der Waals surface area contributed by atoms with Crippen molar-refractivity contribution in [3.05, 3.63) is 58.3 Å². The number of oxazole rings is 1. The van der Waals surface area contributed by atoms with E-state index in [1.807, 2.05) is 0 Å². The summed E-state index contributed by atoms with van der Waals surface area (Å²) in [6.45, 7) is -0.574. The summed E-state index contributed by atoms with van der Waals surface area (Å²) in [6.07, 6.45) is 5.38. The van der Waals surface area contributed by atoms with Gasteiger partial charge in [-0.3, -0.25) is 0 Å². The number of aliphatic hydroxyl groups excluding tert-OH is 1. The Bertz CT molecular complexity index is 1180. The SMILES string of the molecule is O=S(=O)(c1ccc(Cl)s1)N(Cc1ccc(-c2ncco2)c(F)c1F)[C@@H]1CCCC[C@H]1CO. The van der Waals surface area contributed by atoms with E-state index in [2.05, 4.69) is 4.98 Å². The third kappa shape index (κ3) is 4.47. The highest BCUT2D eigenvalue weighted by Gasteiger charge is 2.39. The predicted octanol–water partition coefficient (Wildman–Crippen LogP) is 5.08. The molecule has 3 aromatic rings. The van der Waals surface area contributed by atoms with Crippen LogP contribution in [0.25, 0.3) is 11.5 Å². The Kier molecular flexibility index (Phi) is 6.97. The summed E-state index contributed by atoms with van der Waals surface area (Å²) in [5, 5.41) is 9.87. The number of hydrogen-bond acceptors (Lipinski definition) is 6. The molecule has 0 bridgehead atoms. The van der Waals surface area contributed by atoms with Gasteiger partial charge in [-0.05, 0) is 37.0 Å². The predicted molar refractivity (Wildman–Crippen MR) is 117 cm³/mol. The lowest BCUT2D eigenvalue weighted by Crippen LogP contribution is -2.46. The molecule has 0 amide bonds. The summed E-state index contributed by atoms with van der Waals surface area (Å²) in [7, 11) is -4.07. The minimum Gasteiger partial charge on any atom is -0.444 e. The van der Waals surface area contributed by atoms with Gasteiger partial charge in [-0.25, -0.2) is 22.2 Å². The molecule has 172 valence electrons. The Morgan fingerprint density at radius 1 is 1.19 bits per heavy atom. The fourth-order valence-electron chi connectivity index (χ4n) is 4.11. The third-order valence-corrected chi connectivity index (χ3v) is 9.31. The third-order valence-electron chi connectivity index (χ3n) is 5.74. The average molecular weight is 503 g/mol. The molecular formula is C21H21ClF2N2O4S2. The first kappa shape index (κ1) is 23.3. The van der Waals surface area contributed by atoms with Crippen LogP contribution in [0.5, 0.6) is 0 Å². The van der Waals surface area contributed by atoms with Crippen molar-refractivity contribution >= 4 is 33.0 Å². The summed E-state index contributed by atoms with van der Waals surface area (Å²) in [4.78, 5) is 3.84. The fourth-order valence-corrected chi connectivity index (χ4v) is 7.42. The molecule has 2 aromatic heterocycles. The maximum atomic E-state index is 15.0. The van der Waals surface area contributed by atoms with Gasteiger partial charge >= 0.3 is 0 Å². The summed E-state index contributed by atoms with van der Waals surface area (Å²) < 4.78 is 63.4. The number of aromatic nitrogens is 1. The number of benzene rings is 1. The number of thiophene rings is 1. The van der Waals surface area contributed by atoms with E-state index in [0.717, 1.165) is 24.2 Å².